The summed E-state index contributed by atoms with van der Waals surface area (Å²) < 4.78 is 0. The summed E-state index contributed by atoms with van der Waals surface area (Å²) in [6.45, 7) is 6.15. The minimum atomic E-state index is 0.695. The molecule has 0 unspecified atom stereocenters. The fourth-order valence-corrected chi connectivity index (χ4v) is 2.80. The quantitative estimate of drug-likeness (QED) is 0.536. The van der Waals surface area contributed by atoms with E-state index in [1.165, 1.54) is 5.69 Å². The van der Waals surface area contributed by atoms with Gasteiger partial charge in [-0.1, -0.05) is 27.3 Å². The third-order valence-corrected chi connectivity index (χ3v) is 3.96. The van der Waals surface area contributed by atoms with E-state index >= 15 is 0 Å². The number of aromatic nitrogens is 1. The maximum Gasteiger partial charge on any atom is 0.230 e. The Labute approximate surface area is 131 Å². The van der Waals surface area contributed by atoms with Crippen LogP contribution in [0, 0.1) is 6.92 Å². The fraction of sp³-hybridized carbons (Fsp3) is 0.357. The van der Waals surface area contributed by atoms with Gasteiger partial charge in [-0.3, -0.25) is 0 Å². The Bertz CT molecular complexity index is 565. The van der Waals surface area contributed by atoms with E-state index in [1.807, 2.05) is 25.3 Å². The second-order valence-corrected chi connectivity index (χ2v) is 6.24. The Morgan fingerprint density at radius 1 is 1.25 bits per heavy atom. The highest BCUT2D eigenvalue weighted by atomic mass is 79.9. The van der Waals surface area contributed by atoms with Gasteiger partial charge < -0.3 is 4.90 Å². The largest absolute Gasteiger partial charge is 0.371 e. The summed E-state index contributed by atoms with van der Waals surface area (Å²) >= 11 is 5.01. The lowest BCUT2D eigenvalue weighted by atomic mass is 10.2. The Morgan fingerprint density at radius 2 is 2.00 bits per heavy atom. The molecule has 1 heterocycles. The number of benzene rings is 1. The molecule has 2 aromatic rings. The van der Waals surface area contributed by atoms with Crippen molar-refractivity contribution in [1.29, 1.82) is 0 Å². The Balaban J connectivity index is 2.06. The number of nitrogens with zero attached hydrogens (tertiary/aromatic N) is 4. The van der Waals surface area contributed by atoms with Crippen molar-refractivity contribution in [1.82, 2.24) is 4.98 Å². The number of anilines is 1. The van der Waals surface area contributed by atoms with Crippen LogP contribution >= 0.6 is 27.3 Å². The molecule has 0 saturated heterocycles. The van der Waals surface area contributed by atoms with Crippen molar-refractivity contribution in [2.24, 2.45) is 10.2 Å². The lowest BCUT2D eigenvalue weighted by Gasteiger charge is -2.21. The fourth-order valence-electron chi connectivity index (χ4n) is 1.79. The maximum absolute atomic E-state index is 4.21. The molecule has 0 amide bonds. The van der Waals surface area contributed by atoms with Crippen LogP contribution in [0.1, 0.15) is 11.8 Å². The average molecular weight is 353 g/mol. The molecule has 0 atom stereocenters. The van der Waals surface area contributed by atoms with Gasteiger partial charge in [-0.05, 0) is 38.1 Å². The van der Waals surface area contributed by atoms with Crippen molar-refractivity contribution in [3.63, 3.8) is 0 Å². The van der Waals surface area contributed by atoms with Gasteiger partial charge >= 0.3 is 0 Å². The summed E-state index contributed by atoms with van der Waals surface area (Å²) in [7, 11) is 0. The molecular weight excluding hydrogens is 336 g/mol. The van der Waals surface area contributed by atoms with E-state index in [9.17, 15) is 0 Å². The molecule has 2 rings (SSSR count). The Kier molecular flexibility index (Phi) is 5.67. The number of hydrogen-bond donors (Lipinski definition) is 0. The molecule has 1 aromatic carbocycles. The van der Waals surface area contributed by atoms with Gasteiger partial charge in [0.1, 0.15) is 0 Å². The van der Waals surface area contributed by atoms with Crippen molar-refractivity contribution in [2.45, 2.75) is 13.8 Å². The van der Waals surface area contributed by atoms with E-state index in [-0.39, 0.29) is 0 Å². The summed E-state index contributed by atoms with van der Waals surface area (Å²) in [6.07, 6.45) is 1.81. The molecule has 0 saturated carbocycles. The molecule has 1 aromatic heterocycles. The predicted molar refractivity (Wildman–Crippen MR) is 89.2 cm³/mol. The third-order valence-electron chi connectivity index (χ3n) is 2.81. The minimum Gasteiger partial charge on any atom is -0.371 e. The number of rotatable bonds is 6. The van der Waals surface area contributed by atoms with Gasteiger partial charge in [-0.2, -0.15) is 0 Å². The molecule has 4 nitrogen and oxygen atoms in total. The van der Waals surface area contributed by atoms with Crippen LogP contribution in [0.4, 0.5) is 16.5 Å². The van der Waals surface area contributed by atoms with E-state index in [1.54, 1.807) is 11.3 Å². The Morgan fingerprint density at radius 3 is 2.55 bits per heavy atom. The zero-order chi connectivity index (χ0) is 14.4. The van der Waals surface area contributed by atoms with Crippen LogP contribution in [0.15, 0.2) is 40.7 Å². The highest BCUT2D eigenvalue weighted by molar-refractivity contribution is 9.09. The van der Waals surface area contributed by atoms with E-state index in [4.69, 9.17) is 0 Å². The van der Waals surface area contributed by atoms with E-state index in [0.717, 1.165) is 29.0 Å². The standard InChI is InChI=1S/C14H17BrN4S/c1-3-19(9-8-15)13-6-4-12(5-7-13)17-18-14-16-10-11(2)20-14/h4-7,10H,3,8-9H2,1-2H3/b18-17+. The monoisotopic (exact) mass is 352 g/mol. The van der Waals surface area contributed by atoms with Gasteiger partial charge in [-0.25, -0.2) is 4.98 Å². The topological polar surface area (TPSA) is 40.9 Å². The van der Waals surface area contributed by atoms with Gasteiger partial charge in [0.2, 0.25) is 5.13 Å². The number of halogens is 1. The molecule has 0 radical (unpaired) electrons. The summed E-state index contributed by atoms with van der Waals surface area (Å²) in [6, 6.07) is 8.12. The lowest BCUT2D eigenvalue weighted by molar-refractivity contribution is 0.875. The number of thiazole rings is 1. The molecule has 20 heavy (non-hydrogen) atoms. The van der Waals surface area contributed by atoms with Crippen LogP contribution in [-0.2, 0) is 0 Å². The highest BCUT2D eigenvalue weighted by Crippen LogP contribution is 2.24. The van der Waals surface area contributed by atoms with Gasteiger partial charge in [0.25, 0.3) is 0 Å². The molecule has 0 N–H and O–H groups in total. The van der Waals surface area contributed by atoms with E-state index in [2.05, 4.69) is 55.1 Å². The van der Waals surface area contributed by atoms with Crippen LogP contribution in [0.2, 0.25) is 0 Å². The van der Waals surface area contributed by atoms with Crippen molar-refractivity contribution in [3.8, 4) is 0 Å². The van der Waals surface area contributed by atoms with Crippen molar-refractivity contribution < 1.29 is 0 Å². The first-order valence-corrected chi connectivity index (χ1v) is 8.42. The summed E-state index contributed by atoms with van der Waals surface area (Å²) in [4.78, 5) is 7.61. The van der Waals surface area contributed by atoms with Crippen LogP contribution in [0.5, 0.6) is 0 Å². The van der Waals surface area contributed by atoms with Gasteiger partial charge in [0.15, 0.2) is 0 Å². The first-order valence-electron chi connectivity index (χ1n) is 6.48. The lowest BCUT2D eigenvalue weighted by Crippen LogP contribution is -2.24. The second kappa shape index (κ2) is 7.50. The smallest absolute Gasteiger partial charge is 0.230 e. The highest BCUT2D eigenvalue weighted by Gasteiger charge is 2.03. The Hall–Kier alpha value is -1.27. The first kappa shape index (κ1) is 15.1. The molecule has 0 aliphatic carbocycles. The van der Waals surface area contributed by atoms with Crippen LogP contribution in [0.25, 0.3) is 0 Å². The minimum absolute atomic E-state index is 0.695. The zero-order valence-corrected chi connectivity index (χ0v) is 14.0. The van der Waals surface area contributed by atoms with Crippen LogP contribution < -0.4 is 4.90 Å². The molecule has 0 aliphatic rings. The molecule has 0 spiro atoms. The summed E-state index contributed by atoms with van der Waals surface area (Å²) in [5.41, 5.74) is 2.05. The second-order valence-electron chi connectivity index (χ2n) is 4.24. The number of aryl methyl sites for hydroxylation is 1. The van der Waals surface area contributed by atoms with Crippen molar-refractivity contribution in [3.05, 3.63) is 35.3 Å². The molecule has 106 valence electrons. The maximum atomic E-state index is 4.21. The van der Waals surface area contributed by atoms with Crippen LogP contribution in [-0.4, -0.2) is 23.4 Å². The van der Waals surface area contributed by atoms with E-state index < -0.39 is 0 Å². The number of hydrogen-bond acceptors (Lipinski definition) is 5. The van der Waals surface area contributed by atoms with E-state index in [0.29, 0.717) is 5.13 Å². The molecular formula is C14H17BrN4S. The van der Waals surface area contributed by atoms with Gasteiger partial charge in [-0.15, -0.1) is 10.2 Å². The summed E-state index contributed by atoms with van der Waals surface area (Å²) in [5.74, 6) is 0. The SMILES string of the molecule is CCN(CCBr)c1ccc(/N=N/c2ncc(C)s2)cc1. The van der Waals surface area contributed by atoms with Gasteiger partial charge in [0.05, 0.1) is 5.69 Å². The average Bonchev–Trinajstić information content (AvgIpc) is 2.89. The third kappa shape index (κ3) is 4.11. The molecule has 6 heteroatoms. The summed E-state index contributed by atoms with van der Waals surface area (Å²) in [5, 5.41) is 10.0. The molecule has 0 fully saturated rings. The number of alkyl halides is 1. The predicted octanol–water partition coefficient (Wildman–Crippen LogP) is 5.09. The van der Waals surface area contributed by atoms with Gasteiger partial charge in [0, 0.05) is 35.2 Å². The number of azo groups is 1. The molecule has 0 bridgehead atoms. The molecule has 0 aliphatic heterocycles. The van der Waals surface area contributed by atoms with Crippen molar-refractivity contribution >= 4 is 43.8 Å². The van der Waals surface area contributed by atoms with Crippen LogP contribution in [0.3, 0.4) is 0 Å². The normalized spacial score (nSPS) is 11.2. The van der Waals surface area contributed by atoms with Crippen molar-refractivity contribution in [2.75, 3.05) is 23.3 Å². The zero-order valence-electron chi connectivity index (χ0n) is 11.6. The first-order chi connectivity index (χ1) is 9.72.